The van der Waals surface area contributed by atoms with Crippen LogP contribution in [0.2, 0.25) is 0 Å². The van der Waals surface area contributed by atoms with E-state index in [9.17, 15) is 0 Å². The first-order valence-electron chi connectivity index (χ1n) is 21.0. The van der Waals surface area contributed by atoms with Gasteiger partial charge in [-0.2, -0.15) is 9.97 Å². The van der Waals surface area contributed by atoms with Crippen LogP contribution in [-0.4, -0.2) is 24.1 Å². The molecule has 3 aromatic heterocycles. The minimum Gasteiger partial charge on any atom is -0.309 e. The molecule has 0 bridgehead atoms. The van der Waals surface area contributed by atoms with Crippen LogP contribution in [0.25, 0.3) is 111 Å². The van der Waals surface area contributed by atoms with Crippen molar-refractivity contribution in [3.63, 3.8) is 0 Å². The zero-order chi connectivity index (χ0) is 41.0. The summed E-state index contributed by atoms with van der Waals surface area (Å²) in [7, 11) is 0. The van der Waals surface area contributed by atoms with Crippen molar-refractivity contribution in [1.29, 1.82) is 0 Å². The molecule has 0 aliphatic heterocycles. The normalized spacial score (nSPS) is 11.5. The lowest BCUT2D eigenvalue weighted by molar-refractivity contribution is 0.955. The maximum Gasteiger partial charge on any atom is 0.238 e. The molecule has 5 nitrogen and oxygen atoms in total. The molecule has 0 amide bonds. The van der Waals surface area contributed by atoms with Crippen molar-refractivity contribution in [3.05, 3.63) is 224 Å². The van der Waals surface area contributed by atoms with Crippen LogP contribution >= 0.6 is 0 Å². The highest BCUT2D eigenvalue weighted by molar-refractivity contribution is 6.26. The standard InChI is InChI=1S/C57H37N5/c1-4-18-38(19-5-1)41-24-16-25-42(36-41)43-26-17-27-44(37-43)45-28-10-13-31-49(45)61-51-33-15-12-30-48(51)53-52(61)35-34-47-46-29-11-14-32-50(46)62(54(47)53)57-59-55(39-20-6-2-7-21-39)58-56(60-57)40-22-8-3-9-23-40/h1-37H. The number of nitrogens with zero attached hydrogens (tertiary/aromatic N) is 5. The predicted molar refractivity (Wildman–Crippen MR) is 256 cm³/mol. The molecule has 0 saturated carbocycles. The van der Waals surface area contributed by atoms with Crippen molar-refractivity contribution in [2.24, 2.45) is 0 Å². The topological polar surface area (TPSA) is 48.5 Å². The Morgan fingerprint density at radius 2 is 0.774 bits per heavy atom. The van der Waals surface area contributed by atoms with Gasteiger partial charge in [0.1, 0.15) is 0 Å². The lowest BCUT2D eigenvalue weighted by Crippen LogP contribution is -2.06. The lowest BCUT2D eigenvalue weighted by atomic mass is 9.95. The van der Waals surface area contributed by atoms with Gasteiger partial charge in [0.05, 0.1) is 27.8 Å². The first kappa shape index (κ1) is 35.5. The number of hydrogen-bond acceptors (Lipinski definition) is 3. The molecular formula is C57H37N5. The first-order chi connectivity index (χ1) is 30.8. The van der Waals surface area contributed by atoms with E-state index < -0.39 is 0 Å². The zero-order valence-corrected chi connectivity index (χ0v) is 33.6. The van der Waals surface area contributed by atoms with Gasteiger partial charge in [-0.3, -0.25) is 4.57 Å². The molecule has 0 atom stereocenters. The van der Waals surface area contributed by atoms with Crippen molar-refractivity contribution in [2.75, 3.05) is 0 Å². The molecular weight excluding hydrogens is 755 g/mol. The number of aromatic nitrogens is 5. The molecule has 0 aliphatic carbocycles. The summed E-state index contributed by atoms with van der Waals surface area (Å²) in [5.74, 6) is 1.82. The number of benzene rings is 9. The molecule has 0 saturated heterocycles. The average Bonchev–Trinajstić information content (AvgIpc) is 3.88. The molecule has 0 N–H and O–H groups in total. The van der Waals surface area contributed by atoms with E-state index in [1.807, 2.05) is 36.4 Å². The van der Waals surface area contributed by atoms with E-state index >= 15 is 0 Å². The monoisotopic (exact) mass is 791 g/mol. The summed E-state index contributed by atoms with van der Waals surface area (Å²) < 4.78 is 4.69. The van der Waals surface area contributed by atoms with Gasteiger partial charge in [-0.05, 0) is 64.2 Å². The van der Waals surface area contributed by atoms with E-state index in [0.717, 1.165) is 71.6 Å². The summed E-state index contributed by atoms with van der Waals surface area (Å²) in [6.07, 6.45) is 0. The van der Waals surface area contributed by atoms with Crippen molar-refractivity contribution in [3.8, 4) is 67.8 Å². The Morgan fingerprint density at radius 1 is 0.290 bits per heavy atom. The summed E-state index contributed by atoms with van der Waals surface area (Å²) >= 11 is 0. The van der Waals surface area contributed by atoms with Crippen molar-refractivity contribution >= 4 is 43.6 Å². The summed E-state index contributed by atoms with van der Waals surface area (Å²) in [5.41, 5.74) is 14.3. The summed E-state index contributed by atoms with van der Waals surface area (Å²) in [6.45, 7) is 0. The molecule has 12 rings (SSSR count). The van der Waals surface area contributed by atoms with Crippen molar-refractivity contribution in [2.45, 2.75) is 0 Å². The summed E-state index contributed by atoms with van der Waals surface area (Å²) in [5, 5.41) is 4.56. The lowest BCUT2D eigenvalue weighted by Gasteiger charge is -2.15. The van der Waals surface area contributed by atoms with E-state index in [-0.39, 0.29) is 0 Å². The number of hydrogen-bond donors (Lipinski definition) is 0. The fourth-order valence-corrected chi connectivity index (χ4v) is 9.16. The number of rotatable bonds is 7. The Labute approximate surface area is 358 Å². The molecule has 62 heavy (non-hydrogen) atoms. The molecule has 12 aromatic rings. The first-order valence-corrected chi connectivity index (χ1v) is 21.0. The van der Waals surface area contributed by atoms with Crippen LogP contribution in [0.1, 0.15) is 0 Å². The summed E-state index contributed by atoms with van der Waals surface area (Å²) in [4.78, 5) is 15.6. The van der Waals surface area contributed by atoms with Gasteiger partial charge in [0.2, 0.25) is 5.95 Å². The molecule has 5 heteroatoms. The van der Waals surface area contributed by atoms with E-state index in [4.69, 9.17) is 15.0 Å². The zero-order valence-electron chi connectivity index (χ0n) is 33.6. The van der Waals surface area contributed by atoms with Crippen LogP contribution < -0.4 is 0 Å². The highest BCUT2D eigenvalue weighted by atomic mass is 15.2. The highest BCUT2D eigenvalue weighted by Crippen LogP contribution is 2.43. The van der Waals surface area contributed by atoms with E-state index in [1.165, 1.54) is 22.3 Å². The van der Waals surface area contributed by atoms with Crippen LogP contribution in [0.3, 0.4) is 0 Å². The molecule has 0 unspecified atom stereocenters. The second kappa shape index (κ2) is 14.7. The molecule has 0 fully saturated rings. The minimum absolute atomic E-state index is 0.571. The smallest absolute Gasteiger partial charge is 0.238 e. The third-order valence-corrected chi connectivity index (χ3v) is 12.0. The third-order valence-electron chi connectivity index (χ3n) is 12.0. The Hall–Kier alpha value is -8.41. The fraction of sp³-hybridized carbons (Fsp3) is 0. The number of fused-ring (bicyclic) bond motifs is 7. The van der Waals surface area contributed by atoms with E-state index in [1.54, 1.807) is 0 Å². The molecule has 0 aliphatic rings. The van der Waals surface area contributed by atoms with Gasteiger partial charge in [-0.1, -0.05) is 188 Å². The van der Waals surface area contributed by atoms with Crippen LogP contribution in [0.5, 0.6) is 0 Å². The Bertz CT molecular complexity index is 3570. The predicted octanol–water partition coefficient (Wildman–Crippen LogP) is 14.4. The second-order valence-electron chi connectivity index (χ2n) is 15.6. The third kappa shape index (κ3) is 5.90. The Balaban J connectivity index is 1.10. The Morgan fingerprint density at radius 3 is 1.44 bits per heavy atom. The molecule has 9 aromatic carbocycles. The van der Waals surface area contributed by atoms with Gasteiger partial charge in [0.25, 0.3) is 0 Å². The second-order valence-corrected chi connectivity index (χ2v) is 15.6. The Kier molecular flexibility index (Phi) is 8.42. The molecule has 0 spiro atoms. The van der Waals surface area contributed by atoms with Crippen LogP contribution in [0.15, 0.2) is 224 Å². The SMILES string of the molecule is c1ccc(-c2cccc(-c3cccc(-c4ccccc4-n4c5ccccc5c5c4ccc4c6ccccc6n(-c6nc(-c7ccccc7)nc(-c7ccccc7)n6)c45)c3)c2)cc1. The summed E-state index contributed by atoms with van der Waals surface area (Å²) in [6, 6.07) is 79.4. The molecule has 3 heterocycles. The van der Waals surface area contributed by atoms with Crippen LogP contribution in [-0.2, 0) is 0 Å². The van der Waals surface area contributed by atoms with Gasteiger partial charge in [0, 0.05) is 38.2 Å². The minimum atomic E-state index is 0.571. The largest absolute Gasteiger partial charge is 0.309 e. The van der Waals surface area contributed by atoms with Crippen molar-refractivity contribution in [1.82, 2.24) is 24.1 Å². The van der Waals surface area contributed by atoms with E-state index in [0.29, 0.717) is 17.6 Å². The van der Waals surface area contributed by atoms with Crippen LogP contribution in [0.4, 0.5) is 0 Å². The average molecular weight is 792 g/mol. The van der Waals surface area contributed by atoms with Gasteiger partial charge >= 0.3 is 0 Å². The fourth-order valence-electron chi connectivity index (χ4n) is 9.16. The maximum absolute atomic E-state index is 5.27. The quantitative estimate of drug-likeness (QED) is 0.162. The van der Waals surface area contributed by atoms with Gasteiger partial charge in [-0.15, -0.1) is 0 Å². The van der Waals surface area contributed by atoms with Crippen LogP contribution in [0, 0.1) is 0 Å². The highest BCUT2D eigenvalue weighted by Gasteiger charge is 2.24. The van der Waals surface area contributed by atoms with Gasteiger partial charge in [0.15, 0.2) is 11.6 Å². The van der Waals surface area contributed by atoms with Gasteiger partial charge in [-0.25, -0.2) is 4.98 Å². The van der Waals surface area contributed by atoms with Crippen molar-refractivity contribution < 1.29 is 0 Å². The molecule has 0 radical (unpaired) electrons. The molecule has 290 valence electrons. The maximum atomic E-state index is 5.27. The van der Waals surface area contributed by atoms with E-state index in [2.05, 4.69) is 197 Å². The van der Waals surface area contributed by atoms with Gasteiger partial charge < -0.3 is 4.57 Å². The number of para-hydroxylation sites is 3.